The molecule has 10 heteroatoms. The largest absolute Gasteiger partial charge is 0.472 e. The van der Waals surface area contributed by atoms with Crippen LogP contribution in [0.2, 0.25) is 0 Å². The van der Waals surface area contributed by atoms with E-state index in [-0.39, 0.29) is 12.4 Å². The fourth-order valence-electron chi connectivity index (χ4n) is 2.54. The van der Waals surface area contributed by atoms with Crippen LogP contribution in [-0.4, -0.2) is 25.3 Å². The number of nitrogens with one attached hydrogen (secondary N) is 3. The van der Waals surface area contributed by atoms with E-state index >= 15 is 0 Å². The van der Waals surface area contributed by atoms with Crippen molar-refractivity contribution < 1.29 is 13.7 Å². The molecule has 29 heavy (non-hydrogen) atoms. The lowest BCUT2D eigenvalue weighted by Gasteiger charge is -2.05. The maximum absolute atomic E-state index is 13.2. The number of hydrogen-bond donors (Lipinski definition) is 3. The van der Waals surface area contributed by atoms with Gasteiger partial charge in [-0.1, -0.05) is 17.3 Å². The van der Waals surface area contributed by atoms with Gasteiger partial charge in [-0.2, -0.15) is 4.98 Å². The van der Waals surface area contributed by atoms with Gasteiger partial charge in [-0.15, -0.1) is 5.10 Å². The van der Waals surface area contributed by atoms with Crippen molar-refractivity contribution >= 4 is 17.6 Å². The van der Waals surface area contributed by atoms with Crippen LogP contribution in [0.25, 0.3) is 0 Å². The maximum Gasteiger partial charge on any atom is 0.235 e. The van der Waals surface area contributed by atoms with Crippen molar-refractivity contribution in [1.82, 2.24) is 25.3 Å². The number of aryl methyl sites for hydroxylation is 1. The number of aromatic amines is 1. The fraction of sp³-hybridized carbons (Fsp3) is 0.158. The Balaban J connectivity index is 1.33. The Kier molecular flexibility index (Phi) is 5.32. The molecule has 0 fully saturated rings. The molecular formula is C19H18FN7O2. The van der Waals surface area contributed by atoms with Gasteiger partial charge in [0, 0.05) is 18.3 Å². The number of anilines is 3. The summed E-state index contributed by atoms with van der Waals surface area (Å²) in [5, 5.41) is 16.9. The summed E-state index contributed by atoms with van der Waals surface area (Å²) in [6.45, 7) is 2.49. The molecule has 0 aliphatic carbocycles. The van der Waals surface area contributed by atoms with Crippen molar-refractivity contribution in [2.24, 2.45) is 0 Å². The minimum atomic E-state index is -0.304. The third kappa shape index (κ3) is 5.06. The monoisotopic (exact) mass is 395 g/mol. The molecule has 0 bridgehead atoms. The Bertz CT molecular complexity index is 1100. The van der Waals surface area contributed by atoms with Crippen LogP contribution in [0.4, 0.5) is 22.0 Å². The third-order valence-electron chi connectivity index (χ3n) is 3.85. The van der Waals surface area contributed by atoms with Crippen molar-refractivity contribution in [2.75, 3.05) is 10.6 Å². The van der Waals surface area contributed by atoms with Crippen molar-refractivity contribution in [2.45, 2.75) is 20.1 Å². The van der Waals surface area contributed by atoms with E-state index in [0.29, 0.717) is 35.8 Å². The van der Waals surface area contributed by atoms with Crippen LogP contribution in [0.3, 0.4) is 0 Å². The lowest BCUT2D eigenvalue weighted by Crippen LogP contribution is -2.04. The van der Waals surface area contributed by atoms with E-state index in [2.05, 4.69) is 36.0 Å². The van der Waals surface area contributed by atoms with Crippen LogP contribution in [0.1, 0.15) is 17.0 Å². The Morgan fingerprint density at radius 1 is 1.21 bits per heavy atom. The average Bonchev–Trinajstić information content (AvgIpc) is 3.34. The lowest BCUT2D eigenvalue weighted by molar-refractivity contribution is 0.293. The van der Waals surface area contributed by atoms with Gasteiger partial charge in [0.2, 0.25) is 11.8 Å². The van der Waals surface area contributed by atoms with Crippen LogP contribution in [0.5, 0.6) is 5.88 Å². The maximum atomic E-state index is 13.2. The third-order valence-corrected chi connectivity index (χ3v) is 3.85. The first-order valence-corrected chi connectivity index (χ1v) is 8.83. The van der Waals surface area contributed by atoms with E-state index in [4.69, 9.17) is 9.26 Å². The normalized spacial score (nSPS) is 10.7. The molecule has 0 atom stereocenters. The zero-order valence-electron chi connectivity index (χ0n) is 15.5. The van der Waals surface area contributed by atoms with Gasteiger partial charge >= 0.3 is 0 Å². The number of rotatable bonds is 8. The molecule has 3 heterocycles. The molecule has 0 amide bonds. The van der Waals surface area contributed by atoms with Crippen LogP contribution in [0.15, 0.2) is 53.2 Å². The van der Waals surface area contributed by atoms with Crippen LogP contribution in [0, 0.1) is 12.7 Å². The van der Waals surface area contributed by atoms with Gasteiger partial charge in [-0.05, 0) is 30.7 Å². The summed E-state index contributed by atoms with van der Waals surface area (Å²) in [5.41, 5.74) is 1.53. The predicted octanol–water partition coefficient (Wildman–Crippen LogP) is 3.57. The number of benzene rings is 1. The van der Waals surface area contributed by atoms with Gasteiger partial charge < -0.3 is 19.9 Å². The van der Waals surface area contributed by atoms with E-state index in [1.54, 1.807) is 30.5 Å². The summed E-state index contributed by atoms with van der Waals surface area (Å²) >= 11 is 0. The number of ether oxygens (including phenoxy) is 1. The van der Waals surface area contributed by atoms with Crippen molar-refractivity contribution in [3.8, 4) is 5.88 Å². The summed E-state index contributed by atoms with van der Waals surface area (Å²) < 4.78 is 23.9. The molecule has 0 saturated carbocycles. The Labute approximate surface area is 165 Å². The molecular weight excluding hydrogens is 377 g/mol. The molecule has 4 rings (SSSR count). The molecule has 148 valence electrons. The lowest BCUT2D eigenvalue weighted by atomic mass is 10.2. The first-order chi connectivity index (χ1) is 14.1. The summed E-state index contributed by atoms with van der Waals surface area (Å²) in [5.74, 6) is 2.36. The number of nitrogens with zero attached hydrogens (tertiary/aromatic N) is 4. The highest BCUT2D eigenvalue weighted by atomic mass is 19.1. The second-order valence-electron chi connectivity index (χ2n) is 6.22. The molecule has 0 unspecified atom stereocenters. The number of aromatic nitrogens is 5. The standard InChI is InChI=1S/C19H18FN7O2/c1-12-7-15(29-27-12)10-22-19-21-6-5-16(24-19)23-17-9-18(26-25-17)28-11-13-3-2-4-14(20)8-13/h2-9H,10-11H2,1H3,(H3,21,22,23,24,25,26). The van der Waals surface area contributed by atoms with E-state index < -0.39 is 0 Å². The molecule has 0 radical (unpaired) electrons. The van der Waals surface area contributed by atoms with Gasteiger partial charge in [-0.3, -0.25) is 5.10 Å². The second-order valence-corrected chi connectivity index (χ2v) is 6.22. The fourth-order valence-corrected chi connectivity index (χ4v) is 2.54. The highest BCUT2D eigenvalue weighted by Gasteiger charge is 2.06. The zero-order valence-corrected chi connectivity index (χ0v) is 15.5. The molecule has 1 aromatic carbocycles. The molecule has 0 aliphatic rings. The van der Waals surface area contributed by atoms with E-state index in [1.165, 1.54) is 12.1 Å². The second kappa shape index (κ2) is 8.38. The summed E-state index contributed by atoms with van der Waals surface area (Å²) in [6, 6.07) is 11.5. The molecule has 3 N–H and O–H groups in total. The van der Waals surface area contributed by atoms with Gasteiger partial charge in [0.15, 0.2) is 5.76 Å². The highest BCUT2D eigenvalue weighted by Crippen LogP contribution is 2.19. The highest BCUT2D eigenvalue weighted by molar-refractivity contribution is 5.53. The topological polar surface area (TPSA) is 114 Å². The molecule has 0 spiro atoms. The van der Waals surface area contributed by atoms with Crippen LogP contribution >= 0.6 is 0 Å². The first kappa shape index (κ1) is 18.4. The number of H-pyrrole nitrogens is 1. The predicted molar refractivity (Wildman–Crippen MR) is 103 cm³/mol. The van der Waals surface area contributed by atoms with Crippen LogP contribution in [-0.2, 0) is 13.2 Å². The summed E-state index contributed by atoms with van der Waals surface area (Å²) in [6.07, 6.45) is 1.63. The Morgan fingerprint density at radius 3 is 2.97 bits per heavy atom. The van der Waals surface area contributed by atoms with Gasteiger partial charge in [0.1, 0.15) is 24.1 Å². The number of hydrogen-bond acceptors (Lipinski definition) is 8. The van der Waals surface area contributed by atoms with Crippen LogP contribution < -0.4 is 15.4 Å². The molecule has 0 aliphatic heterocycles. The van der Waals surface area contributed by atoms with Gasteiger partial charge in [-0.25, -0.2) is 9.37 Å². The Hall–Kier alpha value is -3.95. The Morgan fingerprint density at radius 2 is 2.14 bits per heavy atom. The smallest absolute Gasteiger partial charge is 0.235 e. The van der Waals surface area contributed by atoms with E-state index in [1.807, 2.05) is 13.0 Å². The van der Waals surface area contributed by atoms with Crippen molar-refractivity contribution in [1.29, 1.82) is 0 Å². The SMILES string of the molecule is Cc1cc(CNc2nccc(Nc3cc(OCc4cccc(F)c4)n[nH]3)n2)on1. The molecule has 9 nitrogen and oxygen atoms in total. The summed E-state index contributed by atoms with van der Waals surface area (Å²) in [4.78, 5) is 8.55. The summed E-state index contributed by atoms with van der Waals surface area (Å²) in [7, 11) is 0. The van der Waals surface area contributed by atoms with E-state index in [0.717, 1.165) is 11.3 Å². The first-order valence-electron chi connectivity index (χ1n) is 8.83. The minimum Gasteiger partial charge on any atom is -0.472 e. The quantitative estimate of drug-likeness (QED) is 0.415. The van der Waals surface area contributed by atoms with E-state index in [9.17, 15) is 4.39 Å². The average molecular weight is 395 g/mol. The van der Waals surface area contributed by atoms with Gasteiger partial charge in [0.25, 0.3) is 0 Å². The van der Waals surface area contributed by atoms with Gasteiger partial charge in [0.05, 0.1) is 12.2 Å². The van der Waals surface area contributed by atoms with Crippen molar-refractivity contribution in [3.63, 3.8) is 0 Å². The number of halogens is 1. The zero-order chi connectivity index (χ0) is 20.1. The molecule has 0 saturated heterocycles. The molecule has 4 aromatic rings. The minimum absolute atomic E-state index is 0.213. The molecule has 3 aromatic heterocycles. The van der Waals surface area contributed by atoms with Crippen molar-refractivity contribution in [3.05, 3.63) is 71.5 Å².